The number of aromatic nitrogens is 1. The highest BCUT2D eigenvalue weighted by Gasteiger charge is 2.09. The van der Waals surface area contributed by atoms with Gasteiger partial charge in [-0.1, -0.05) is 6.92 Å². The fraction of sp³-hybridized carbons (Fsp3) is 0.583. The number of anilines is 1. The van der Waals surface area contributed by atoms with E-state index in [4.69, 9.17) is 15.6 Å². The van der Waals surface area contributed by atoms with Gasteiger partial charge in [-0.15, -0.1) is 11.8 Å². The summed E-state index contributed by atoms with van der Waals surface area (Å²) < 4.78 is 5.53. The molecule has 5 heteroatoms. The fourth-order valence-corrected chi connectivity index (χ4v) is 2.18. The Morgan fingerprint density at radius 2 is 2.12 bits per heavy atom. The van der Waals surface area contributed by atoms with Crippen LogP contribution in [0.4, 0.5) is 5.69 Å². The smallest absolute Gasteiger partial charge is 0.238 e. The van der Waals surface area contributed by atoms with E-state index in [2.05, 4.69) is 11.9 Å². The molecule has 3 N–H and O–H groups in total. The molecule has 17 heavy (non-hydrogen) atoms. The quantitative estimate of drug-likeness (QED) is 0.764. The normalized spacial score (nSPS) is 12.8. The molecule has 0 bridgehead atoms. The number of nitrogens with zero attached hydrogens (tertiary/aromatic N) is 1. The Morgan fingerprint density at radius 3 is 2.71 bits per heavy atom. The molecule has 0 amide bonds. The van der Waals surface area contributed by atoms with Crippen molar-refractivity contribution in [3.63, 3.8) is 0 Å². The lowest BCUT2D eigenvalue weighted by Crippen LogP contribution is -2.09. The molecule has 1 aromatic rings. The van der Waals surface area contributed by atoms with E-state index in [1.54, 1.807) is 17.8 Å². The molecule has 1 rings (SSSR count). The van der Waals surface area contributed by atoms with Crippen LogP contribution < -0.4 is 10.5 Å². The van der Waals surface area contributed by atoms with E-state index in [0.29, 0.717) is 16.8 Å². The minimum atomic E-state index is 0.0555. The lowest BCUT2D eigenvalue weighted by atomic mass is 10.3. The third-order valence-corrected chi connectivity index (χ3v) is 3.18. The maximum absolute atomic E-state index is 8.85. The standard InChI is InChI=1S/C12H20N2O2S/c1-8(2)16-12-10(13)4-5-11(14-12)17-9(3)6-7-15/h4-5,8-9,15H,6-7,13H2,1-3H3. The van der Waals surface area contributed by atoms with Crippen LogP contribution >= 0.6 is 11.8 Å². The Labute approximate surface area is 107 Å². The van der Waals surface area contributed by atoms with Crippen molar-refractivity contribution in [1.29, 1.82) is 0 Å². The van der Waals surface area contributed by atoms with Gasteiger partial charge in [-0.05, 0) is 32.4 Å². The molecule has 96 valence electrons. The third kappa shape index (κ3) is 4.83. The van der Waals surface area contributed by atoms with Crippen molar-refractivity contribution in [2.45, 2.75) is 43.6 Å². The summed E-state index contributed by atoms with van der Waals surface area (Å²) in [5.41, 5.74) is 6.34. The molecule has 0 saturated carbocycles. The minimum absolute atomic E-state index is 0.0555. The van der Waals surface area contributed by atoms with Crippen LogP contribution in [0.2, 0.25) is 0 Å². The van der Waals surface area contributed by atoms with Gasteiger partial charge in [0.25, 0.3) is 0 Å². The number of aliphatic hydroxyl groups is 1. The van der Waals surface area contributed by atoms with Gasteiger partial charge >= 0.3 is 0 Å². The van der Waals surface area contributed by atoms with Crippen LogP contribution in [0.25, 0.3) is 0 Å². The monoisotopic (exact) mass is 256 g/mol. The van der Waals surface area contributed by atoms with Crippen LogP contribution in [-0.4, -0.2) is 28.1 Å². The van der Waals surface area contributed by atoms with Crippen molar-refractivity contribution < 1.29 is 9.84 Å². The van der Waals surface area contributed by atoms with E-state index in [1.165, 1.54) is 0 Å². The lowest BCUT2D eigenvalue weighted by molar-refractivity contribution is 0.232. The van der Waals surface area contributed by atoms with Crippen LogP contribution in [0.1, 0.15) is 27.2 Å². The second-order valence-corrected chi connectivity index (χ2v) is 5.61. The predicted octanol–water partition coefficient (Wildman–Crippen LogP) is 2.31. The van der Waals surface area contributed by atoms with Crippen LogP contribution in [0.3, 0.4) is 0 Å². The van der Waals surface area contributed by atoms with Gasteiger partial charge < -0.3 is 15.6 Å². The average molecular weight is 256 g/mol. The number of thioether (sulfide) groups is 1. The lowest BCUT2D eigenvalue weighted by Gasteiger charge is -2.13. The molecule has 1 unspecified atom stereocenters. The SMILES string of the molecule is CC(C)Oc1nc(SC(C)CCO)ccc1N. The number of aliphatic hydroxyl groups excluding tert-OH is 1. The zero-order chi connectivity index (χ0) is 12.8. The Balaban J connectivity index is 2.74. The van der Waals surface area contributed by atoms with Crippen LogP contribution in [0.15, 0.2) is 17.2 Å². The number of rotatable bonds is 6. The summed E-state index contributed by atoms with van der Waals surface area (Å²) in [5, 5.41) is 10.0. The van der Waals surface area contributed by atoms with Crippen molar-refractivity contribution in [2.75, 3.05) is 12.3 Å². The Hall–Kier alpha value is -0.940. The maximum Gasteiger partial charge on any atom is 0.238 e. The average Bonchev–Trinajstić information content (AvgIpc) is 2.22. The van der Waals surface area contributed by atoms with Crippen LogP contribution in [0.5, 0.6) is 5.88 Å². The predicted molar refractivity (Wildman–Crippen MR) is 71.4 cm³/mol. The number of hydrogen-bond acceptors (Lipinski definition) is 5. The third-order valence-electron chi connectivity index (χ3n) is 2.07. The zero-order valence-electron chi connectivity index (χ0n) is 10.5. The number of nitrogens with two attached hydrogens (primary N) is 1. The molecule has 0 aromatic carbocycles. The van der Waals surface area contributed by atoms with Crippen molar-refractivity contribution in [2.24, 2.45) is 0 Å². The molecule has 1 heterocycles. The molecule has 0 aliphatic rings. The largest absolute Gasteiger partial charge is 0.473 e. The fourth-order valence-electron chi connectivity index (χ4n) is 1.26. The Morgan fingerprint density at radius 1 is 1.41 bits per heavy atom. The first-order valence-electron chi connectivity index (χ1n) is 5.73. The Bertz CT molecular complexity index is 358. The minimum Gasteiger partial charge on any atom is -0.473 e. The Kier molecular flexibility index (Phi) is 5.58. The molecule has 4 nitrogen and oxygen atoms in total. The second-order valence-electron chi connectivity index (χ2n) is 4.15. The van der Waals surface area contributed by atoms with Gasteiger partial charge in [-0.25, -0.2) is 4.98 Å². The van der Waals surface area contributed by atoms with Crippen molar-refractivity contribution in [1.82, 2.24) is 4.98 Å². The van der Waals surface area contributed by atoms with Gasteiger partial charge in [0.2, 0.25) is 5.88 Å². The molecule has 0 fully saturated rings. The molecule has 1 atom stereocenters. The van der Waals surface area contributed by atoms with E-state index < -0.39 is 0 Å². The van der Waals surface area contributed by atoms with Crippen molar-refractivity contribution >= 4 is 17.4 Å². The second kappa shape index (κ2) is 6.71. The molecule has 0 aliphatic carbocycles. The highest BCUT2D eigenvalue weighted by atomic mass is 32.2. The summed E-state index contributed by atoms with van der Waals surface area (Å²) in [7, 11) is 0. The summed E-state index contributed by atoms with van der Waals surface area (Å²) in [4.78, 5) is 4.37. The topological polar surface area (TPSA) is 68.4 Å². The summed E-state index contributed by atoms with van der Waals surface area (Å²) in [6.45, 7) is 6.13. The molecule has 0 radical (unpaired) electrons. The number of pyridine rings is 1. The first kappa shape index (κ1) is 14.1. The van der Waals surface area contributed by atoms with Crippen molar-refractivity contribution in [3.8, 4) is 5.88 Å². The van der Waals surface area contributed by atoms with Gasteiger partial charge in [0.15, 0.2) is 0 Å². The molecular weight excluding hydrogens is 236 g/mol. The molecular formula is C12H20N2O2S. The molecule has 1 aromatic heterocycles. The maximum atomic E-state index is 8.85. The van der Waals surface area contributed by atoms with Crippen LogP contribution in [0, 0.1) is 0 Å². The zero-order valence-corrected chi connectivity index (χ0v) is 11.3. The van der Waals surface area contributed by atoms with E-state index in [1.807, 2.05) is 19.9 Å². The highest BCUT2D eigenvalue weighted by Crippen LogP contribution is 2.28. The summed E-state index contributed by atoms with van der Waals surface area (Å²) in [6.07, 6.45) is 0.803. The van der Waals surface area contributed by atoms with E-state index in [9.17, 15) is 0 Å². The number of hydrogen-bond donors (Lipinski definition) is 2. The highest BCUT2D eigenvalue weighted by molar-refractivity contribution is 7.99. The van der Waals surface area contributed by atoms with Crippen LogP contribution in [-0.2, 0) is 0 Å². The summed E-state index contributed by atoms with van der Waals surface area (Å²) in [6, 6.07) is 3.68. The summed E-state index contributed by atoms with van der Waals surface area (Å²) >= 11 is 1.61. The summed E-state index contributed by atoms with van der Waals surface area (Å²) in [5.74, 6) is 0.487. The van der Waals surface area contributed by atoms with Gasteiger partial charge in [0.1, 0.15) is 5.03 Å². The molecule has 0 aliphatic heterocycles. The molecule has 0 saturated heterocycles. The van der Waals surface area contributed by atoms with Crippen molar-refractivity contribution in [3.05, 3.63) is 12.1 Å². The van der Waals surface area contributed by atoms with E-state index in [-0.39, 0.29) is 12.7 Å². The van der Waals surface area contributed by atoms with E-state index >= 15 is 0 Å². The van der Waals surface area contributed by atoms with Gasteiger partial charge in [0, 0.05) is 11.9 Å². The van der Waals surface area contributed by atoms with E-state index in [0.717, 1.165) is 11.4 Å². The van der Waals surface area contributed by atoms with Gasteiger partial charge in [-0.2, -0.15) is 0 Å². The first-order chi connectivity index (χ1) is 8.02. The van der Waals surface area contributed by atoms with Gasteiger partial charge in [0.05, 0.1) is 11.8 Å². The first-order valence-corrected chi connectivity index (χ1v) is 6.61. The molecule has 0 spiro atoms. The van der Waals surface area contributed by atoms with Gasteiger partial charge in [-0.3, -0.25) is 0 Å². The number of nitrogen functional groups attached to an aromatic ring is 1. The number of ether oxygens (including phenoxy) is 1.